The molecule has 0 aliphatic carbocycles. The second-order valence-electron chi connectivity index (χ2n) is 5.94. The molecule has 0 unspecified atom stereocenters. The molecule has 3 heteroatoms. The third kappa shape index (κ3) is 4.78. The molecular weight excluding hydrogens is 310 g/mol. The number of carbonyl (C=O) groups is 1. The molecule has 0 radical (unpaired) electrons. The molecule has 0 aliphatic rings. The lowest BCUT2D eigenvalue weighted by Gasteiger charge is -2.09. The van der Waals surface area contributed by atoms with E-state index in [1.807, 2.05) is 85.8 Å². The van der Waals surface area contributed by atoms with Gasteiger partial charge in [0.2, 0.25) is 0 Å². The van der Waals surface area contributed by atoms with Crippen molar-refractivity contribution in [2.45, 2.75) is 20.1 Å². The molecule has 3 aromatic carbocycles. The molecule has 126 valence electrons. The van der Waals surface area contributed by atoms with Crippen molar-refractivity contribution in [1.82, 2.24) is 0 Å². The maximum Gasteiger partial charge on any atom is 0.255 e. The molecule has 0 bridgehead atoms. The minimum absolute atomic E-state index is 0.0915. The number of benzene rings is 3. The fraction of sp³-hybridized carbons (Fsp3) is 0.136. The quantitative estimate of drug-likeness (QED) is 0.693. The summed E-state index contributed by atoms with van der Waals surface area (Å²) in [6, 6.07) is 25.4. The zero-order chi connectivity index (χ0) is 17.5. The van der Waals surface area contributed by atoms with E-state index in [2.05, 4.69) is 5.32 Å². The van der Waals surface area contributed by atoms with Gasteiger partial charge in [-0.1, -0.05) is 60.7 Å². The van der Waals surface area contributed by atoms with Gasteiger partial charge in [-0.05, 0) is 41.8 Å². The summed E-state index contributed by atoms with van der Waals surface area (Å²) in [6.45, 7) is 3.07. The molecule has 25 heavy (non-hydrogen) atoms. The van der Waals surface area contributed by atoms with Gasteiger partial charge < -0.3 is 10.1 Å². The molecule has 0 atom stereocenters. The zero-order valence-corrected chi connectivity index (χ0v) is 14.2. The summed E-state index contributed by atoms with van der Waals surface area (Å²) in [5.74, 6) is -0.0915. The minimum atomic E-state index is -0.0915. The maximum atomic E-state index is 12.3. The number of amides is 1. The molecule has 0 saturated carbocycles. The minimum Gasteiger partial charge on any atom is -0.372 e. The van der Waals surface area contributed by atoms with E-state index in [1.165, 1.54) is 0 Å². The van der Waals surface area contributed by atoms with Crippen LogP contribution in [0.3, 0.4) is 0 Å². The predicted molar refractivity (Wildman–Crippen MR) is 101 cm³/mol. The highest BCUT2D eigenvalue weighted by Gasteiger charge is 2.08. The normalized spacial score (nSPS) is 10.4. The molecule has 0 saturated heterocycles. The van der Waals surface area contributed by atoms with Crippen molar-refractivity contribution in [3.8, 4) is 0 Å². The van der Waals surface area contributed by atoms with E-state index in [1.54, 1.807) is 0 Å². The van der Waals surface area contributed by atoms with Crippen molar-refractivity contribution in [3.05, 3.63) is 101 Å². The number of nitrogens with one attached hydrogen (secondary N) is 1. The second-order valence-corrected chi connectivity index (χ2v) is 5.94. The van der Waals surface area contributed by atoms with Crippen LogP contribution in [0.1, 0.15) is 27.0 Å². The van der Waals surface area contributed by atoms with E-state index >= 15 is 0 Å². The van der Waals surface area contributed by atoms with Crippen LogP contribution in [-0.2, 0) is 18.0 Å². The van der Waals surface area contributed by atoms with Crippen LogP contribution in [0.25, 0.3) is 0 Å². The Hall–Kier alpha value is -2.91. The van der Waals surface area contributed by atoms with E-state index < -0.39 is 0 Å². The zero-order valence-electron chi connectivity index (χ0n) is 14.2. The van der Waals surface area contributed by atoms with Crippen molar-refractivity contribution < 1.29 is 9.53 Å². The molecule has 3 nitrogen and oxygen atoms in total. The summed E-state index contributed by atoms with van der Waals surface area (Å²) in [5, 5.41) is 2.93. The molecule has 1 amide bonds. The molecule has 3 rings (SSSR count). The molecule has 0 aromatic heterocycles. The number of hydrogen-bond acceptors (Lipinski definition) is 2. The maximum absolute atomic E-state index is 12.3. The lowest BCUT2D eigenvalue weighted by atomic mass is 10.1. The highest BCUT2D eigenvalue weighted by molar-refractivity contribution is 6.05. The van der Waals surface area contributed by atoms with Crippen LogP contribution in [0.5, 0.6) is 0 Å². The standard InChI is InChI=1S/C22H21NO2/c1-17-7-5-6-10-21(17)22(24)23-20-13-11-19(12-14-20)16-25-15-18-8-3-2-4-9-18/h2-14H,15-16H2,1H3,(H,23,24). The Morgan fingerprint density at radius 1 is 0.800 bits per heavy atom. The number of hydrogen-bond donors (Lipinski definition) is 1. The van der Waals surface area contributed by atoms with Crippen LogP contribution >= 0.6 is 0 Å². The Morgan fingerprint density at radius 2 is 1.40 bits per heavy atom. The molecular formula is C22H21NO2. The highest BCUT2D eigenvalue weighted by Crippen LogP contribution is 2.14. The number of aryl methyl sites for hydroxylation is 1. The van der Waals surface area contributed by atoms with Gasteiger partial charge >= 0.3 is 0 Å². The fourth-order valence-corrected chi connectivity index (χ4v) is 2.57. The number of ether oxygens (including phenoxy) is 1. The third-order valence-electron chi connectivity index (χ3n) is 3.98. The van der Waals surface area contributed by atoms with E-state index in [0.717, 1.165) is 22.4 Å². The van der Waals surface area contributed by atoms with Crippen molar-refractivity contribution in [2.75, 3.05) is 5.32 Å². The highest BCUT2D eigenvalue weighted by atomic mass is 16.5. The monoisotopic (exact) mass is 331 g/mol. The van der Waals surface area contributed by atoms with Gasteiger partial charge in [-0.2, -0.15) is 0 Å². The number of carbonyl (C=O) groups excluding carboxylic acids is 1. The molecule has 3 aromatic rings. The summed E-state index contributed by atoms with van der Waals surface area (Å²) < 4.78 is 5.72. The van der Waals surface area contributed by atoms with Gasteiger partial charge in [0.15, 0.2) is 0 Å². The Balaban J connectivity index is 1.53. The van der Waals surface area contributed by atoms with Crippen molar-refractivity contribution in [3.63, 3.8) is 0 Å². The Morgan fingerprint density at radius 3 is 2.08 bits per heavy atom. The van der Waals surface area contributed by atoms with Crippen LogP contribution in [0.15, 0.2) is 78.9 Å². The lowest BCUT2D eigenvalue weighted by Crippen LogP contribution is -2.13. The predicted octanol–water partition coefficient (Wildman–Crippen LogP) is 4.96. The number of anilines is 1. The number of rotatable bonds is 6. The van der Waals surface area contributed by atoms with Gasteiger partial charge in [0, 0.05) is 11.3 Å². The largest absolute Gasteiger partial charge is 0.372 e. The SMILES string of the molecule is Cc1ccccc1C(=O)Nc1ccc(COCc2ccccc2)cc1. The topological polar surface area (TPSA) is 38.3 Å². The van der Waals surface area contributed by atoms with Crippen molar-refractivity contribution in [1.29, 1.82) is 0 Å². The smallest absolute Gasteiger partial charge is 0.255 e. The Bertz CT molecular complexity index is 826. The van der Waals surface area contributed by atoms with Crippen LogP contribution < -0.4 is 5.32 Å². The third-order valence-corrected chi connectivity index (χ3v) is 3.98. The van der Waals surface area contributed by atoms with Crippen LogP contribution in [0, 0.1) is 6.92 Å². The van der Waals surface area contributed by atoms with Crippen LogP contribution in [-0.4, -0.2) is 5.91 Å². The van der Waals surface area contributed by atoms with Crippen LogP contribution in [0.4, 0.5) is 5.69 Å². The first-order valence-electron chi connectivity index (χ1n) is 8.30. The van der Waals surface area contributed by atoms with E-state index in [9.17, 15) is 4.79 Å². The lowest BCUT2D eigenvalue weighted by molar-refractivity contribution is 0.102. The van der Waals surface area contributed by atoms with Gasteiger partial charge in [-0.3, -0.25) is 4.79 Å². The van der Waals surface area contributed by atoms with E-state index in [4.69, 9.17) is 4.74 Å². The van der Waals surface area contributed by atoms with Crippen LogP contribution in [0.2, 0.25) is 0 Å². The molecule has 0 heterocycles. The second kappa shape index (κ2) is 8.27. The molecule has 0 spiro atoms. The fourth-order valence-electron chi connectivity index (χ4n) is 2.57. The van der Waals surface area contributed by atoms with Crippen molar-refractivity contribution in [2.24, 2.45) is 0 Å². The Kier molecular flexibility index (Phi) is 5.60. The van der Waals surface area contributed by atoms with Gasteiger partial charge in [0.1, 0.15) is 0 Å². The Labute approximate surface area is 148 Å². The molecule has 1 N–H and O–H groups in total. The first kappa shape index (κ1) is 16.9. The summed E-state index contributed by atoms with van der Waals surface area (Å²) in [7, 11) is 0. The summed E-state index contributed by atoms with van der Waals surface area (Å²) in [6.07, 6.45) is 0. The average molecular weight is 331 g/mol. The average Bonchev–Trinajstić information content (AvgIpc) is 2.64. The van der Waals surface area contributed by atoms with Gasteiger partial charge in [0.25, 0.3) is 5.91 Å². The first-order chi connectivity index (χ1) is 12.2. The summed E-state index contributed by atoms with van der Waals surface area (Å²) in [5.41, 5.74) is 4.67. The summed E-state index contributed by atoms with van der Waals surface area (Å²) in [4.78, 5) is 12.3. The van der Waals surface area contributed by atoms with E-state index in [-0.39, 0.29) is 5.91 Å². The van der Waals surface area contributed by atoms with Gasteiger partial charge in [-0.15, -0.1) is 0 Å². The molecule has 0 fully saturated rings. The van der Waals surface area contributed by atoms with E-state index in [0.29, 0.717) is 18.8 Å². The van der Waals surface area contributed by atoms with Gasteiger partial charge in [-0.25, -0.2) is 0 Å². The van der Waals surface area contributed by atoms with Gasteiger partial charge in [0.05, 0.1) is 13.2 Å². The van der Waals surface area contributed by atoms with Crippen molar-refractivity contribution >= 4 is 11.6 Å². The summed E-state index contributed by atoms with van der Waals surface area (Å²) >= 11 is 0. The first-order valence-corrected chi connectivity index (χ1v) is 8.30. The molecule has 0 aliphatic heterocycles.